The topological polar surface area (TPSA) is 94.1 Å². The van der Waals surface area contributed by atoms with Crippen molar-refractivity contribution in [2.75, 3.05) is 51.4 Å². The minimum atomic E-state index is -4.70. The average molecular weight is 697 g/mol. The number of methoxy groups -OCH3 is 2. The van der Waals surface area contributed by atoms with Crippen molar-refractivity contribution < 1.29 is 35.8 Å². The number of anilines is 1. The number of hydrogen-bond donors (Lipinski definition) is 0. The predicted molar refractivity (Wildman–Crippen MR) is 169 cm³/mol. The molecule has 15 heteroatoms. The minimum Gasteiger partial charge on any atom is -0.497 e. The molecule has 0 aliphatic carbocycles. The number of alkyl halides is 1. The van der Waals surface area contributed by atoms with E-state index in [1.807, 2.05) is 17.0 Å². The quantitative estimate of drug-likeness (QED) is 0.160. The molecule has 0 N–H and O–H groups in total. The number of nitrogens with zero attached hydrogens (tertiary/aromatic N) is 4. The van der Waals surface area contributed by atoms with Crippen LogP contribution in [0.5, 0.6) is 17.2 Å². The van der Waals surface area contributed by atoms with Gasteiger partial charge >= 0.3 is 0 Å². The van der Waals surface area contributed by atoms with Gasteiger partial charge in [-0.1, -0.05) is 23.7 Å². The first kappa shape index (κ1) is 33.8. The Kier molecular flexibility index (Phi) is 10.9. The molecule has 1 aliphatic heterocycles. The van der Waals surface area contributed by atoms with Crippen LogP contribution in [0, 0.1) is 17.6 Å². The van der Waals surface area contributed by atoms with Gasteiger partial charge in [0.2, 0.25) is 5.13 Å². The van der Waals surface area contributed by atoms with Crippen molar-refractivity contribution in [1.29, 1.82) is 0 Å². The van der Waals surface area contributed by atoms with Crippen molar-refractivity contribution in [2.24, 2.45) is 5.92 Å². The fraction of sp³-hybridized carbons (Fsp3) is 0.355. The normalized spacial score (nSPS) is 17.1. The van der Waals surface area contributed by atoms with Gasteiger partial charge in [-0.05, 0) is 48.7 Å². The van der Waals surface area contributed by atoms with Crippen LogP contribution in [0.15, 0.2) is 65.8 Å². The van der Waals surface area contributed by atoms with Gasteiger partial charge < -0.3 is 19.1 Å². The number of piperidine rings is 1. The van der Waals surface area contributed by atoms with Gasteiger partial charge in [0.1, 0.15) is 35.2 Å². The van der Waals surface area contributed by atoms with Gasteiger partial charge in [0.25, 0.3) is 10.0 Å². The van der Waals surface area contributed by atoms with E-state index in [9.17, 15) is 12.8 Å². The molecule has 5 rings (SSSR count). The second kappa shape index (κ2) is 14.9. The number of halogens is 4. The largest absolute Gasteiger partial charge is 0.497 e. The standard InChI is InChI=1S/C31H32ClF3N4O5S2/c1-42-24-8-5-21(28(13-24)43-2)17-39(31-36-19-37-45-31)46(40,41)30-15-26(34)29(14-27(30)35)44-18-22-16-38(12-10-33)11-9-25(22)20-3-6-23(32)7-4-20/h3-8,13-15,19,22,25H,9-12,16-18H2,1-2H3. The minimum absolute atomic E-state index is 0.00723. The van der Waals surface area contributed by atoms with Gasteiger partial charge in [-0.25, -0.2) is 30.9 Å². The molecule has 1 saturated heterocycles. The number of rotatable bonds is 13. The molecule has 9 nitrogen and oxygen atoms in total. The van der Waals surface area contributed by atoms with Crippen LogP contribution in [0.4, 0.5) is 18.3 Å². The summed E-state index contributed by atoms with van der Waals surface area (Å²) < 4.78 is 93.2. The van der Waals surface area contributed by atoms with Crippen LogP contribution in [0.1, 0.15) is 23.5 Å². The van der Waals surface area contributed by atoms with E-state index in [2.05, 4.69) is 9.36 Å². The summed E-state index contributed by atoms with van der Waals surface area (Å²) in [5, 5.41) is 0.535. The molecule has 246 valence electrons. The van der Waals surface area contributed by atoms with Crippen LogP contribution < -0.4 is 18.5 Å². The molecular formula is C31H32ClF3N4O5S2. The SMILES string of the molecule is COc1ccc(CN(c2ncns2)S(=O)(=O)c2cc(F)c(OCC3CN(CCF)CCC3c3ccc(Cl)cc3)cc2F)c(OC)c1. The lowest BCUT2D eigenvalue weighted by atomic mass is 9.81. The molecule has 1 aliphatic rings. The molecule has 3 aromatic carbocycles. The Hall–Kier alpha value is -3.59. The van der Waals surface area contributed by atoms with Crippen molar-refractivity contribution in [3.8, 4) is 17.2 Å². The molecule has 1 aromatic heterocycles. The van der Waals surface area contributed by atoms with E-state index in [4.69, 9.17) is 25.8 Å². The molecule has 0 saturated carbocycles. The molecular weight excluding hydrogens is 665 g/mol. The number of benzene rings is 3. The molecule has 4 aromatic rings. The van der Waals surface area contributed by atoms with E-state index in [1.165, 1.54) is 20.5 Å². The number of aromatic nitrogens is 2. The fourth-order valence-electron chi connectivity index (χ4n) is 5.55. The Morgan fingerprint density at radius 1 is 1.04 bits per heavy atom. The zero-order chi connectivity index (χ0) is 32.8. The zero-order valence-electron chi connectivity index (χ0n) is 25.0. The van der Waals surface area contributed by atoms with E-state index >= 15 is 8.78 Å². The predicted octanol–water partition coefficient (Wildman–Crippen LogP) is 6.34. The number of sulfonamides is 1. The Balaban J connectivity index is 1.41. The third-order valence-electron chi connectivity index (χ3n) is 7.90. The zero-order valence-corrected chi connectivity index (χ0v) is 27.4. The van der Waals surface area contributed by atoms with Gasteiger partial charge in [-0.3, -0.25) is 0 Å². The van der Waals surface area contributed by atoms with E-state index in [0.29, 0.717) is 47.7 Å². The van der Waals surface area contributed by atoms with E-state index in [-0.39, 0.29) is 36.7 Å². The summed E-state index contributed by atoms with van der Waals surface area (Å²) >= 11 is 6.85. The molecule has 0 amide bonds. The smallest absolute Gasteiger partial charge is 0.269 e. The highest BCUT2D eigenvalue weighted by Crippen LogP contribution is 2.36. The lowest BCUT2D eigenvalue weighted by molar-refractivity contribution is 0.104. The van der Waals surface area contributed by atoms with Crippen LogP contribution in [-0.4, -0.2) is 69.8 Å². The first-order chi connectivity index (χ1) is 22.1. The first-order valence-electron chi connectivity index (χ1n) is 14.3. The van der Waals surface area contributed by atoms with Crippen LogP contribution in [0.3, 0.4) is 0 Å². The van der Waals surface area contributed by atoms with Crippen molar-refractivity contribution in [2.45, 2.75) is 23.8 Å². The molecule has 0 radical (unpaired) electrons. The Morgan fingerprint density at radius 3 is 2.50 bits per heavy atom. The molecule has 2 unspecified atom stereocenters. The van der Waals surface area contributed by atoms with Crippen LogP contribution in [-0.2, 0) is 16.6 Å². The van der Waals surface area contributed by atoms with Gasteiger partial charge in [-0.2, -0.15) is 4.37 Å². The van der Waals surface area contributed by atoms with Crippen molar-refractivity contribution in [1.82, 2.24) is 14.3 Å². The van der Waals surface area contributed by atoms with E-state index in [0.717, 1.165) is 27.5 Å². The lowest BCUT2D eigenvalue weighted by Gasteiger charge is -2.38. The monoisotopic (exact) mass is 696 g/mol. The second-order valence-corrected chi connectivity index (χ2v) is 13.7. The molecule has 0 spiro atoms. The molecule has 2 heterocycles. The second-order valence-electron chi connectivity index (χ2n) is 10.6. The molecule has 2 atom stereocenters. The first-order valence-corrected chi connectivity index (χ1v) is 16.9. The maximum atomic E-state index is 15.6. The van der Waals surface area contributed by atoms with Crippen molar-refractivity contribution in [3.63, 3.8) is 0 Å². The summed E-state index contributed by atoms with van der Waals surface area (Å²) in [6.07, 6.45) is 1.88. The van der Waals surface area contributed by atoms with Gasteiger partial charge in [0, 0.05) is 59.3 Å². The summed E-state index contributed by atoms with van der Waals surface area (Å²) in [7, 11) is -1.81. The number of hydrogen-bond acceptors (Lipinski definition) is 9. The summed E-state index contributed by atoms with van der Waals surface area (Å²) in [4.78, 5) is 5.08. The third kappa shape index (κ3) is 7.51. The van der Waals surface area contributed by atoms with E-state index < -0.39 is 39.0 Å². The van der Waals surface area contributed by atoms with Crippen LogP contribution in [0.2, 0.25) is 5.02 Å². The van der Waals surface area contributed by atoms with Gasteiger partial charge in [-0.15, -0.1) is 0 Å². The Morgan fingerprint density at radius 2 is 1.83 bits per heavy atom. The maximum absolute atomic E-state index is 15.6. The third-order valence-corrected chi connectivity index (χ3v) is 10.7. The summed E-state index contributed by atoms with van der Waals surface area (Å²) in [5.74, 6) is -2.06. The number of ether oxygens (including phenoxy) is 3. The average Bonchev–Trinajstić information content (AvgIpc) is 3.59. The van der Waals surface area contributed by atoms with Crippen LogP contribution in [0.25, 0.3) is 0 Å². The van der Waals surface area contributed by atoms with E-state index in [1.54, 1.807) is 30.3 Å². The molecule has 46 heavy (non-hydrogen) atoms. The molecule has 0 bridgehead atoms. The molecule has 1 fully saturated rings. The lowest BCUT2D eigenvalue weighted by Crippen LogP contribution is -2.42. The fourth-order valence-corrected chi connectivity index (χ4v) is 7.87. The van der Waals surface area contributed by atoms with Gasteiger partial charge in [0.15, 0.2) is 11.6 Å². The van der Waals surface area contributed by atoms with Gasteiger partial charge in [0.05, 0.1) is 27.4 Å². The highest BCUT2D eigenvalue weighted by atomic mass is 35.5. The van der Waals surface area contributed by atoms with Crippen molar-refractivity contribution >= 4 is 38.3 Å². The van der Waals surface area contributed by atoms with Crippen LogP contribution >= 0.6 is 23.1 Å². The number of likely N-dealkylation sites (tertiary alicyclic amines) is 1. The Labute approximate surface area is 274 Å². The maximum Gasteiger partial charge on any atom is 0.269 e. The Bertz CT molecular complexity index is 1730. The summed E-state index contributed by atoms with van der Waals surface area (Å²) in [5.41, 5.74) is 1.43. The summed E-state index contributed by atoms with van der Waals surface area (Å²) in [6.45, 7) is 0.594. The highest BCUT2D eigenvalue weighted by molar-refractivity contribution is 7.93. The van der Waals surface area contributed by atoms with Crippen molar-refractivity contribution in [3.05, 3.63) is 88.7 Å². The highest BCUT2D eigenvalue weighted by Gasteiger charge is 2.34. The summed E-state index contributed by atoms with van der Waals surface area (Å²) in [6, 6.07) is 13.5.